The van der Waals surface area contributed by atoms with Gasteiger partial charge in [-0.2, -0.15) is 0 Å². The average Bonchev–Trinajstić information content (AvgIpc) is 2.99. The van der Waals surface area contributed by atoms with Crippen LogP contribution in [0.15, 0.2) is 255 Å². The number of aromatic nitrogens is 2. The van der Waals surface area contributed by atoms with E-state index in [1.54, 1.807) is 36.9 Å². The number of carbonyl (C=O) groups is 6. The van der Waals surface area contributed by atoms with Crippen LogP contribution in [0.3, 0.4) is 0 Å². The third kappa shape index (κ3) is 25.3. The molecular weight excluding hydrogens is 1150 g/mol. The highest BCUT2D eigenvalue weighted by molar-refractivity contribution is 5.97. The summed E-state index contributed by atoms with van der Waals surface area (Å²) in [6.45, 7) is 6.56. The smallest absolute Gasteiger partial charge is 0.156 e. The van der Waals surface area contributed by atoms with Gasteiger partial charge in [0.25, 0.3) is 0 Å². The Morgan fingerprint density at radius 2 is 0.645 bits per heavy atom. The number of Topliss-reactive ketones (excluding diaryl/α,β-unsaturated/α-hetero) is 4. The van der Waals surface area contributed by atoms with Crippen molar-refractivity contribution in [2.24, 2.45) is 0 Å². The van der Waals surface area contributed by atoms with Gasteiger partial charge in [-0.1, -0.05) is 215 Å². The van der Waals surface area contributed by atoms with Crippen molar-refractivity contribution in [1.82, 2.24) is 9.97 Å². The molecule has 7 aromatic carbocycles. The molecule has 0 N–H and O–H groups in total. The summed E-state index contributed by atoms with van der Waals surface area (Å²) in [5.41, 5.74) is 12.4. The minimum Gasteiger partial charge on any atom is -0.378 e. The van der Waals surface area contributed by atoms with Crippen molar-refractivity contribution in [1.29, 1.82) is 0 Å². The third-order valence-electron chi connectivity index (χ3n) is 16.1. The molecule has 0 radical (unpaired) electrons. The standard InChI is InChI=1S/C29H29NO2.C29H32O2.C25H27N3O2/c1-30(2)27-17-15-25(16-18-27)26(21-28(31)19-13-23-9-5-3-6-10-23)22-29(32)20-14-24-11-7-4-8-12-24;1-29(2,3)26-16-14-24(15-17-26)25(20-27(30)18-22-10-6-4-7-11-22)21-28(31)19-23-12-8-5-9-13-23;1-28(2)23-9-7-21(8-10-23)22(15-24(29)13-19-5-3-11-26-17-19)16-25(30)14-20-6-4-12-27-18-20/h3-20,26H,21-22H2,1-2H3;4-17,25H,18-21H2,1-3H3;3-12,17-18,22H,13-16H2,1-2H3/b19-13+,20-14+;;. The first kappa shape index (κ1) is 70.4. The van der Waals surface area contributed by atoms with E-state index in [4.69, 9.17) is 0 Å². The summed E-state index contributed by atoms with van der Waals surface area (Å²) in [5.74, 6) is 0.166. The van der Waals surface area contributed by atoms with E-state index in [9.17, 15) is 28.8 Å². The van der Waals surface area contributed by atoms with Gasteiger partial charge < -0.3 is 9.80 Å². The van der Waals surface area contributed by atoms with E-state index in [-0.39, 0.29) is 70.7 Å². The lowest BCUT2D eigenvalue weighted by atomic mass is 9.83. The van der Waals surface area contributed by atoms with E-state index in [2.05, 4.69) is 55.0 Å². The van der Waals surface area contributed by atoms with Crippen molar-refractivity contribution >= 4 is 58.2 Å². The van der Waals surface area contributed by atoms with Crippen molar-refractivity contribution in [3.05, 3.63) is 311 Å². The Balaban J connectivity index is 0.000000198. The van der Waals surface area contributed by atoms with E-state index >= 15 is 0 Å². The summed E-state index contributed by atoms with van der Waals surface area (Å²) < 4.78 is 0. The zero-order chi connectivity index (χ0) is 66.4. The molecule has 10 heteroatoms. The van der Waals surface area contributed by atoms with Crippen molar-refractivity contribution in [2.45, 2.75) is 108 Å². The van der Waals surface area contributed by atoms with E-state index in [1.807, 2.05) is 244 Å². The van der Waals surface area contributed by atoms with Gasteiger partial charge in [-0.15, -0.1) is 0 Å². The number of pyridine rings is 2. The quantitative estimate of drug-likeness (QED) is 0.0417. The zero-order valence-corrected chi connectivity index (χ0v) is 54.9. The summed E-state index contributed by atoms with van der Waals surface area (Å²) >= 11 is 0. The number of carbonyl (C=O) groups excluding carboxylic acids is 6. The zero-order valence-electron chi connectivity index (χ0n) is 54.9. The van der Waals surface area contributed by atoms with Crippen molar-refractivity contribution in [3.63, 3.8) is 0 Å². The van der Waals surface area contributed by atoms with E-state index in [0.29, 0.717) is 51.4 Å². The predicted molar refractivity (Wildman–Crippen MR) is 380 cm³/mol. The molecule has 0 saturated carbocycles. The first-order chi connectivity index (χ1) is 44.8. The Labute approximate surface area is 551 Å². The van der Waals surface area contributed by atoms with Crippen LogP contribution >= 0.6 is 0 Å². The Morgan fingerprint density at radius 1 is 0.355 bits per heavy atom. The molecule has 93 heavy (non-hydrogen) atoms. The number of allylic oxidation sites excluding steroid dienone is 2. The molecular formula is C83H88N4O6. The topological polar surface area (TPSA) is 135 Å². The Morgan fingerprint density at radius 3 is 0.946 bits per heavy atom. The monoisotopic (exact) mass is 1240 g/mol. The van der Waals surface area contributed by atoms with Crippen molar-refractivity contribution in [3.8, 4) is 0 Å². The predicted octanol–water partition coefficient (Wildman–Crippen LogP) is 16.7. The lowest BCUT2D eigenvalue weighted by molar-refractivity contribution is -0.122. The molecule has 0 aliphatic rings. The van der Waals surface area contributed by atoms with Crippen LogP contribution in [-0.2, 0) is 59.9 Å². The number of nitrogens with zero attached hydrogens (tertiary/aromatic N) is 4. The average molecular weight is 1240 g/mol. The second-order valence-electron chi connectivity index (χ2n) is 25.1. The molecule has 2 heterocycles. The molecule has 2 aromatic heterocycles. The van der Waals surface area contributed by atoms with Crippen LogP contribution in [0.25, 0.3) is 12.2 Å². The van der Waals surface area contributed by atoms with Crippen LogP contribution < -0.4 is 9.80 Å². The van der Waals surface area contributed by atoms with Gasteiger partial charge in [-0.25, -0.2) is 0 Å². The van der Waals surface area contributed by atoms with Crippen LogP contribution in [0.4, 0.5) is 11.4 Å². The fraction of sp³-hybridized carbons (Fsp3) is 0.253. The molecule has 0 saturated heterocycles. The van der Waals surface area contributed by atoms with Crippen LogP contribution in [0.1, 0.15) is 133 Å². The third-order valence-corrected chi connectivity index (χ3v) is 16.1. The minimum absolute atomic E-state index is 0.00961. The molecule has 9 aromatic rings. The van der Waals surface area contributed by atoms with Crippen molar-refractivity contribution in [2.75, 3.05) is 38.0 Å². The molecule has 9 rings (SSSR count). The highest BCUT2D eigenvalue weighted by Crippen LogP contribution is 2.32. The second-order valence-corrected chi connectivity index (χ2v) is 25.1. The van der Waals surface area contributed by atoms with E-state index < -0.39 is 0 Å². The summed E-state index contributed by atoms with van der Waals surface area (Å²) in [6, 6.07) is 71.2. The number of rotatable bonds is 29. The van der Waals surface area contributed by atoms with Gasteiger partial charge in [0.05, 0.1) is 0 Å². The molecule has 0 atom stereocenters. The highest BCUT2D eigenvalue weighted by Gasteiger charge is 2.24. The molecule has 0 bridgehead atoms. The van der Waals surface area contributed by atoms with Crippen LogP contribution in [-0.4, -0.2) is 72.9 Å². The first-order valence-corrected chi connectivity index (χ1v) is 31.9. The van der Waals surface area contributed by atoms with Crippen LogP contribution in [0, 0.1) is 0 Å². The van der Waals surface area contributed by atoms with Gasteiger partial charge in [-0.3, -0.25) is 38.7 Å². The molecule has 10 nitrogen and oxygen atoms in total. The van der Waals surface area contributed by atoms with E-state index in [1.165, 1.54) is 5.56 Å². The van der Waals surface area contributed by atoms with Crippen LogP contribution in [0.5, 0.6) is 0 Å². The fourth-order valence-electron chi connectivity index (χ4n) is 10.9. The van der Waals surface area contributed by atoms with Gasteiger partial charge in [0.2, 0.25) is 0 Å². The first-order valence-electron chi connectivity index (χ1n) is 31.9. The molecule has 0 fully saturated rings. The van der Waals surface area contributed by atoms with E-state index in [0.717, 1.165) is 61.4 Å². The number of benzene rings is 7. The number of anilines is 2. The summed E-state index contributed by atoms with van der Waals surface area (Å²) in [6.07, 6.45) is 17.2. The second kappa shape index (κ2) is 36.7. The van der Waals surface area contributed by atoms with Gasteiger partial charge in [0.1, 0.15) is 23.1 Å². The van der Waals surface area contributed by atoms with Crippen molar-refractivity contribution < 1.29 is 28.8 Å². The maximum Gasteiger partial charge on any atom is 0.156 e. The molecule has 0 spiro atoms. The largest absolute Gasteiger partial charge is 0.378 e. The Hall–Kier alpha value is -10.1. The van der Waals surface area contributed by atoms with Gasteiger partial charge in [0.15, 0.2) is 11.6 Å². The summed E-state index contributed by atoms with van der Waals surface area (Å²) in [7, 11) is 7.95. The maximum atomic E-state index is 12.9. The molecule has 476 valence electrons. The summed E-state index contributed by atoms with van der Waals surface area (Å²) in [5, 5.41) is 0. The SMILES string of the molecule is CC(C)(C)c1ccc(C(CC(=O)Cc2ccccc2)CC(=O)Cc2ccccc2)cc1.CN(C)c1ccc(C(CC(=O)/C=C/c2ccccc2)CC(=O)/C=C/c2ccccc2)cc1.CN(C)c1ccc(C(CC(=O)Cc2cccnc2)CC(=O)Cc2cccnc2)cc1. The Kier molecular flexibility index (Phi) is 27.8. The minimum atomic E-state index is -0.174. The molecule has 0 aliphatic carbocycles. The van der Waals surface area contributed by atoms with Crippen LogP contribution in [0.2, 0.25) is 0 Å². The number of hydrogen-bond donors (Lipinski definition) is 0. The van der Waals surface area contributed by atoms with Gasteiger partial charge in [-0.05, 0) is 127 Å². The lowest BCUT2D eigenvalue weighted by Gasteiger charge is -2.21. The summed E-state index contributed by atoms with van der Waals surface area (Å²) in [4.78, 5) is 88.8. The fourth-order valence-corrected chi connectivity index (χ4v) is 10.9. The molecule has 0 aliphatic heterocycles. The van der Waals surface area contributed by atoms with Gasteiger partial charge >= 0.3 is 0 Å². The number of hydrogen-bond acceptors (Lipinski definition) is 10. The number of ketones is 6. The lowest BCUT2D eigenvalue weighted by Crippen LogP contribution is -2.16. The normalized spacial score (nSPS) is 11.2. The highest BCUT2D eigenvalue weighted by atomic mass is 16.1. The van der Waals surface area contributed by atoms with Gasteiger partial charge in [0, 0.05) is 129 Å². The molecule has 0 unspecified atom stereocenters. The maximum absolute atomic E-state index is 12.9. The Bertz CT molecular complexity index is 3640. The molecule has 0 amide bonds.